The van der Waals surface area contributed by atoms with E-state index in [0.29, 0.717) is 24.7 Å². The molecule has 4 rings (SSSR count). The van der Waals surface area contributed by atoms with Crippen LogP contribution < -0.4 is 10.2 Å². The number of pyridine rings is 1. The minimum absolute atomic E-state index is 0.0997. The highest BCUT2D eigenvalue weighted by molar-refractivity contribution is 5.96. The van der Waals surface area contributed by atoms with Crippen LogP contribution in [0, 0.1) is 11.8 Å². The number of ether oxygens (including phenoxy) is 1. The van der Waals surface area contributed by atoms with Gasteiger partial charge in [0.25, 0.3) is 0 Å². The molecular weight excluding hydrogens is 320 g/mol. The molecule has 1 aromatic rings. The SMILES string of the molecule is O=C(Nc1ccc(N2CCOCC2)cn1)[C@H]1CC(=O)N(CC2CC2)C1. The van der Waals surface area contributed by atoms with Gasteiger partial charge in [-0.3, -0.25) is 9.59 Å². The number of anilines is 2. The van der Waals surface area contributed by atoms with Gasteiger partial charge in [0.15, 0.2) is 0 Å². The van der Waals surface area contributed by atoms with Gasteiger partial charge < -0.3 is 19.9 Å². The molecule has 0 bridgehead atoms. The second kappa shape index (κ2) is 7.00. The van der Waals surface area contributed by atoms with Crippen LogP contribution in [0.5, 0.6) is 0 Å². The summed E-state index contributed by atoms with van der Waals surface area (Å²) in [7, 11) is 0. The topological polar surface area (TPSA) is 74.8 Å². The van der Waals surface area contributed by atoms with Gasteiger partial charge >= 0.3 is 0 Å². The maximum Gasteiger partial charge on any atom is 0.230 e. The molecule has 3 aliphatic rings. The van der Waals surface area contributed by atoms with Gasteiger partial charge in [0.2, 0.25) is 11.8 Å². The summed E-state index contributed by atoms with van der Waals surface area (Å²) in [6, 6.07) is 3.79. The Morgan fingerprint density at radius 3 is 2.76 bits per heavy atom. The lowest BCUT2D eigenvalue weighted by Crippen LogP contribution is -2.36. The number of rotatable bonds is 5. The molecule has 1 aliphatic carbocycles. The second-order valence-electron chi connectivity index (χ2n) is 7.13. The number of aromatic nitrogens is 1. The zero-order valence-electron chi connectivity index (χ0n) is 14.3. The summed E-state index contributed by atoms with van der Waals surface area (Å²) in [5, 5.41) is 2.85. The molecule has 1 N–H and O–H groups in total. The number of amides is 2. The van der Waals surface area contributed by atoms with Crippen molar-refractivity contribution < 1.29 is 14.3 Å². The molecule has 0 radical (unpaired) electrons. The predicted octanol–water partition coefficient (Wildman–Crippen LogP) is 1.12. The first-order valence-electron chi connectivity index (χ1n) is 9.06. The van der Waals surface area contributed by atoms with Gasteiger partial charge in [-0.25, -0.2) is 4.98 Å². The molecule has 1 saturated carbocycles. The number of likely N-dealkylation sites (tertiary alicyclic amines) is 1. The van der Waals surface area contributed by atoms with Crippen molar-refractivity contribution in [2.24, 2.45) is 11.8 Å². The number of nitrogens with one attached hydrogen (secondary N) is 1. The van der Waals surface area contributed by atoms with Crippen LogP contribution in [0.15, 0.2) is 18.3 Å². The number of hydrogen-bond donors (Lipinski definition) is 1. The van der Waals surface area contributed by atoms with E-state index in [4.69, 9.17) is 4.74 Å². The zero-order valence-corrected chi connectivity index (χ0v) is 14.3. The molecule has 3 fully saturated rings. The molecule has 2 aliphatic heterocycles. The van der Waals surface area contributed by atoms with E-state index in [9.17, 15) is 9.59 Å². The number of carbonyl (C=O) groups excluding carboxylic acids is 2. The van der Waals surface area contributed by atoms with Crippen molar-refractivity contribution in [2.75, 3.05) is 49.6 Å². The molecule has 3 heterocycles. The lowest BCUT2D eigenvalue weighted by atomic mass is 10.1. The third-order valence-electron chi connectivity index (χ3n) is 5.14. The van der Waals surface area contributed by atoms with Crippen molar-refractivity contribution in [3.8, 4) is 0 Å². The van der Waals surface area contributed by atoms with Gasteiger partial charge in [-0.15, -0.1) is 0 Å². The fourth-order valence-electron chi connectivity index (χ4n) is 3.43. The molecule has 2 amide bonds. The quantitative estimate of drug-likeness (QED) is 0.866. The van der Waals surface area contributed by atoms with E-state index >= 15 is 0 Å². The minimum Gasteiger partial charge on any atom is -0.378 e. The summed E-state index contributed by atoms with van der Waals surface area (Å²) >= 11 is 0. The molecule has 0 spiro atoms. The van der Waals surface area contributed by atoms with Crippen LogP contribution in [0.1, 0.15) is 19.3 Å². The van der Waals surface area contributed by atoms with Crippen LogP contribution in [-0.2, 0) is 14.3 Å². The van der Waals surface area contributed by atoms with Gasteiger partial charge in [-0.2, -0.15) is 0 Å². The standard InChI is InChI=1S/C18H24N4O3/c23-17-9-14(12-22(17)11-13-1-2-13)18(24)20-16-4-3-15(10-19-16)21-5-7-25-8-6-21/h3-4,10,13-14H,1-2,5-9,11-12H2,(H,19,20,24)/t14-/m0/s1. The van der Waals surface area contributed by atoms with Crippen molar-refractivity contribution in [1.29, 1.82) is 0 Å². The van der Waals surface area contributed by atoms with Crippen molar-refractivity contribution in [2.45, 2.75) is 19.3 Å². The first-order valence-corrected chi connectivity index (χ1v) is 9.06. The maximum absolute atomic E-state index is 12.4. The van der Waals surface area contributed by atoms with E-state index in [1.807, 2.05) is 17.0 Å². The van der Waals surface area contributed by atoms with Gasteiger partial charge in [0.05, 0.1) is 31.0 Å². The van der Waals surface area contributed by atoms with Crippen LogP contribution in [0.2, 0.25) is 0 Å². The number of morpholine rings is 1. The summed E-state index contributed by atoms with van der Waals surface area (Å²) in [5.74, 6) is 0.906. The first-order chi connectivity index (χ1) is 12.2. The molecule has 1 aromatic heterocycles. The highest BCUT2D eigenvalue weighted by Crippen LogP contribution is 2.32. The normalized spacial score (nSPS) is 23.8. The monoisotopic (exact) mass is 344 g/mol. The van der Waals surface area contributed by atoms with Crippen molar-refractivity contribution in [3.05, 3.63) is 18.3 Å². The highest BCUT2D eigenvalue weighted by Gasteiger charge is 2.37. The zero-order chi connectivity index (χ0) is 17.2. The van der Waals surface area contributed by atoms with Crippen LogP contribution in [0.3, 0.4) is 0 Å². The van der Waals surface area contributed by atoms with Crippen LogP contribution in [0.25, 0.3) is 0 Å². The van der Waals surface area contributed by atoms with Gasteiger partial charge in [0.1, 0.15) is 5.82 Å². The molecule has 134 valence electrons. The molecular formula is C18H24N4O3. The molecule has 7 nitrogen and oxygen atoms in total. The summed E-state index contributed by atoms with van der Waals surface area (Å²) in [6.45, 7) is 4.52. The van der Waals surface area contributed by atoms with Gasteiger partial charge in [0, 0.05) is 32.6 Å². The summed E-state index contributed by atoms with van der Waals surface area (Å²) in [5.41, 5.74) is 1.04. The summed E-state index contributed by atoms with van der Waals surface area (Å²) in [6.07, 6.45) is 4.50. The van der Waals surface area contributed by atoms with Gasteiger partial charge in [-0.05, 0) is 30.9 Å². The fourth-order valence-corrected chi connectivity index (χ4v) is 3.43. The Morgan fingerprint density at radius 1 is 1.28 bits per heavy atom. The predicted molar refractivity (Wildman–Crippen MR) is 93.3 cm³/mol. The molecule has 2 saturated heterocycles. The Balaban J connectivity index is 1.32. The third kappa shape index (κ3) is 3.92. The third-order valence-corrected chi connectivity index (χ3v) is 5.14. The molecule has 25 heavy (non-hydrogen) atoms. The van der Waals surface area contributed by atoms with Crippen molar-refractivity contribution in [1.82, 2.24) is 9.88 Å². The smallest absolute Gasteiger partial charge is 0.230 e. The minimum atomic E-state index is -0.271. The van der Waals surface area contributed by atoms with Gasteiger partial charge in [-0.1, -0.05) is 0 Å². The Hall–Kier alpha value is -2.15. The Morgan fingerprint density at radius 2 is 2.08 bits per heavy atom. The van der Waals surface area contributed by atoms with Crippen molar-refractivity contribution in [3.63, 3.8) is 0 Å². The van der Waals surface area contributed by atoms with E-state index < -0.39 is 0 Å². The first kappa shape index (κ1) is 16.3. The molecule has 0 unspecified atom stereocenters. The van der Waals surface area contributed by atoms with E-state index in [-0.39, 0.29) is 17.7 Å². The largest absolute Gasteiger partial charge is 0.378 e. The molecule has 1 atom stereocenters. The molecule has 7 heteroatoms. The van der Waals surface area contributed by atoms with E-state index in [1.54, 1.807) is 6.20 Å². The van der Waals surface area contributed by atoms with E-state index in [2.05, 4.69) is 15.2 Å². The summed E-state index contributed by atoms with van der Waals surface area (Å²) in [4.78, 5) is 32.9. The van der Waals surface area contributed by atoms with Crippen LogP contribution >= 0.6 is 0 Å². The number of hydrogen-bond acceptors (Lipinski definition) is 5. The number of nitrogens with zero attached hydrogens (tertiary/aromatic N) is 3. The maximum atomic E-state index is 12.4. The highest BCUT2D eigenvalue weighted by atomic mass is 16.5. The number of carbonyl (C=O) groups is 2. The lowest BCUT2D eigenvalue weighted by Gasteiger charge is -2.28. The Labute approximate surface area is 147 Å². The molecule has 0 aromatic carbocycles. The Bertz CT molecular complexity index is 638. The summed E-state index contributed by atoms with van der Waals surface area (Å²) < 4.78 is 5.35. The van der Waals surface area contributed by atoms with Crippen LogP contribution in [-0.4, -0.2) is 61.1 Å². The van der Waals surface area contributed by atoms with E-state index in [0.717, 1.165) is 38.5 Å². The lowest BCUT2D eigenvalue weighted by molar-refractivity contribution is -0.128. The second-order valence-corrected chi connectivity index (χ2v) is 7.13. The van der Waals surface area contributed by atoms with Crippen LogP contribution in [0.4, 0.5) is 11.5 Å². The fraction of sp³-hybridized carbons (Fsp3) is 0.611. The Kier molecular flexibility index (Phi) is 4.57. The average Bonchev–Trinajstić information content (AvgIpc) is 3.38. The van der Waals surface area contributed by atoms with E-state index in [1.165, 1.54) is 12.8 Å². The average molecular weight is 344 g/mol. The van der Waals surface area contributed by atoms with Crippen molar-refractivity contribution >= 4 is 23.3 Å².